The molecule has 0 radical (unpaired) electrons. The zero-order valence-electron chi connectivity index (χ0n) is 10.5. The third kappa shape index (κ3) is 3.51. The molecule has 1 aliphatic rings. The first kappa shape index (κ1) is 13.5. The molecule has 0 saturated heterocycles. The van der Waals surface area contributed by atoms with Gasteiger partial charge >= 0.3 is 5.97 Å². The first-order valence-electron chi connectivity index (χ1n) is 6.25. The summed E-state index contributed by atoms with van der Waals surface area (Å²) in [6.45, 7) is 0. The maximum absolute atomic E-state index is 11.1. The number of hydrogen-bond acceptors (Lipinski definition) is 3. The van der Waals surface area contributed by atoms with Gasteiger partial charge in [-0.05, 0) is 30.5 Å². The van der Waals surface area contributed by atoms with E-state index in [1.807, 2.05) is 0 Å². The second kappa shape index (κ2) is 5.36. The van der Waals surface area contributed by atoms with Crippen LogP contribution in [0.2, 0.25) is 0 Å². The van der Waals surface area contributed by atoms with Crippen molar-refractivity contribution in [1.82, 2.24) is 0 Å². The molecule has 1 aromatic rings. The highest BCUT2D eigenvalue weighted by molar-refractivity contribution is 5.88. The Morgan fingerprint density at radius 2 is 1.95 bits per heavy atom. The lowest BCUT2D eigenvalue weighted by Gasteiger charge is -2.28. The fraction of sp³-hybridized carbons (Fsp3) is 0.333. The zero-order valence-corrected chi connectivity index (χ0v) is 10.5. The highest BCUT2D eigenvalue weighted by atomic mass is 16.4. The number of hydrogen-bond donors (Lipinski definition) is 2. The van der Waals surface area contributed by atoms with Crippen molar-refractivity contribution in [2.45, 2.75) is 31.3 Å². The van der Waals surface area contributed by atoms with Crippen molar-refractivity contribution in [3.63, 3.8) is 0 Å². The van der Waals surface area contributed by atoms with Crippen LogP contribution in [0.4, 0.5) is 0 Å². The molecule has 0 bridgehead atoms. The van der Waals surface area contributed by atoms with Crippen LogP contribution in [0.15, 0.2) is 30.3 Å². The Morgan fingerprint density at radius 1 is 1.26 bits per heavy atom. The number of rotatable bonds is 3. The van der Waals surface area contributed by atoms with Gasteiger partial charge in [0.1, 0.15) is 5.78 Å². The molecule has 4 heteroatoms. The van der Waals surface area contributed by atoms with Gasteiger partial charge in [0.05, 0.1) is 11.2 Å². The largest absolute Gasteiger partial charge is 0.478 e. The van der Waals surface area contributed by atoms with Crippen LogP contribution in [0, 0.1) is 0 Å². The van der Waals surface area contributed by atoms with Crippen molar-refractivity contribution in [3.05, 3.63) is 41.5 Å². The Balaban J connectivity index is 2.12. The van der Waals surface area contributed by atoms with Crippen molar-refractivity contribution in [2.75, 3.05) is 0 Å². The van der Waals surface area contributed by atoms with E-state index in [-0.39, 0.29) is 11.3 Å². The molecule has 0 spiro atoms. The van der Waals surface area contributed by atoms with Crippen LogP contribution in [0.5, 0.6) is 0 Å². The molecule has 0 heterocycles. The monoisotopic (exact) mass is 260 g/mol. The van der Waals surface area contributed by atoms with Gasteiger partial charge in [0, 0.05) is 12.8 Å². The molecular weight excluding hydrogens is 244 g/mol. The summed E-state index contributed by atoms with van der Waals surface area (Å²) in [5.41, 5.74) is -0.00849. The first-order chi connectivity index (χ1) is 8.98. The van der Waals surface area contributed by atoms with E-state index in [9.17, 15) is 14.7 Å². The number of aromatic carboxylic acids is 1. The molecule has 0 atom stereocenters. The van der Waals surface area contributed by atoms with Gasteiger partial charge in [0.2, 0.25) is 0 Å². The van der Waals surface area contributed by atoms with Gasteiger partial charge in [-0.25, -0.2) is 4.79 Å². The van der Waals surface area contributed by atoms with Crippen molar-refractivity contribution >= 4 is 17.8 Å². The van der Waals surface area contributed by atoms with E-state index in [2.05, 4.69) is 0 Å². The Hall–Kier alpha value is -1.94. The molecule has 1 aliphatic carbocycles. The summed E-state index contributed by atoms with van der Waals surface area (Å²) in [5.74, 6) is -0.789. The quantitative estimate of drug-likeness (QED) is 0.874. The van der Waals surface area contributed by atoms with E-state index in [1.165, 1.54) is 6.07 Å². The van der Waals surface area contributed by atoms with Crippen LogP contribution < -0.4 is 0 Å². The fourth-order valence-electron chi connectivity index (χ4n) is 2.16. The highest BCUT2D eigenvalue weighted by Gasteiger charge is 2.29. The van der Waals surface area contributed by atoms with Gasteiger partial charge < -0.3 is 10.2 Å². The smallest absolute Gasteiger partial charge is 0.335 e. The van der Waals surface area contributed by atoms with Crippen molar-refractivity contribution < 1.29 is 19.8 Å². The summed E-state index contributed by atoms with van der Waals surface area (Å²) in [4.78, 5) is 22.0. The maximum atomic E-state index is 11.1. The lowest BCUT2D eigenvalue weighted by atomic mass is 9.83. The molecule has 1 aromatic carbocycles. The number of carbonyl (C=O) groups excluding carboxylic acids is 1. The number of benzene rings is 1. The number of ketones is 1. The van der Waals surface area contributed by atoms with E-state index in [4.69, 9.17) is 5.11 Å². The van der Waals surface area contributed by atoms with E-state index in [1.54, 1.807) is 30.4 Å². The van der Waals surface area contributed by atoms with E-state index in [0.717, 1.165) is 5.56 Å². The normalized spacial score (nSPS) is 18.7. The number of aliphatic hydroxyl groups is 1. The van der Waals surface area contributed by atoms with Crippen LogP contribution in [0.25, 0.3) is 6.08 Å². The van der Waals surface area contributed by atoms with Crippen molar-refractivity contribution in [2.24, 2.45) is 0 Å². The third-order valence-electron chi connectivity index (χ3n) is 3.39. The standard InChI is InChI=1S/C15H16O4/c16-13-5-8-15(19,9-6-13)7-4-11-2-1-3-12(10-11)14(17)18/h1-4,7,10,19H,5-6,8-9H2,(H,17,18)/b7-4+. The second-order valence-electron chi connectivity index (χ2n) is 4.91. The lowest BCUT2D eigenvalue weighted by Crippen LogP contribution is -2.31. The van der Waals surface area contributed by atoms with Crippen molar-refractivity contribution in [1.29, 1.82) is 0 Å². The molecule has 1 saturated carbocycles. The Labute approximate surface area is 111 Å². The van der Waals surface area contributed by atoms with Crippen LogP contribution in [-0.4, -0.2) is 27.6 Å². The van der Waals surface area contributed by atoms with Gasteiger partial charge in [0.15, 0.2) is 0 Å². The maximum Gasteiger partial charge on any atom is 0.335 e. The summed E-state index contributed by atoms with van der Waals surface area (Å²) < 4.78 is 0. The fourth-order valence-corrected chi connectivity index (χ4v) is 2.16. The molecule has 0 aromatic heterocycles. The van der Waals surface area contributed by atoms with Crippen LogP contribution in [0.1, 0.15) is 41.6 Å². The first-order valence-corrected chi connectivity index (χ1v) is 6.25. The number of Topliss-reactive ketones (excluding diaryl/α,β-unsaturated/α-hetero) is 1. The third-order valence-corrected chi connectivity index (χ3v) is 3.39. The molecule has 100 valence electrons. The summed E-state index contributed by atoms with van der Waals surface area (Å²) in [7, 11) is 0. The number of carbonyl (C=O) groups is 2. The molecule has 2 rings (SSSR count). The molecule has 0 aliphatic heterocycles. The highest BCUT2D eigenvalue weighted by Crippen LogP contribution is 2.28. The molecule has 19 heavy (non-hydrogen) atoms. The Morgan fingerprint density at radius 3 is 2.58 bits per heavy atom. The van der Waals surface area contributed by atoms with E-state index >= 15 is 0 Å². The topological polar surface area (TPSA) is 74.6 Å². The second-order valence-corrected chi connectivity index (χ2v) is 4.91. The minimum absolute atomic E-state index is 0.186. The van der Waals surface area contributed by atoms with E-state index < -0.39 is 11.6 Å². The zero-order chi connectivity index (χ0) is 13.9. The Kier molecular flexibility index (Phi) is 3.81. The average Bonchev–Trinajstić information content (AvgIpc) is 2.41. The molecule has 0 unspecified atom stereocenters. The van der Waals surface area contributed by atoms with Gasteiger partial charge in [-0.3, -0.25) is 4.79 Å². The summed E-state index contributed by atoms with van der Waals surface area (Å²) >= 11 is 0. The molecule has 2 N–H and O–H groups in total. The van der Waals surface area contributed by atoms with Gasteiger partial charge in [-0.1, -0.05) is 24.3 Å². The summed E-state index contributed by atoms with van der Waals surface area (Å²) in [6.07, 6.45) is 5.04. The summed E-state index contributed by atoms with van der Waals surface area (Å²) in [6, 6.07) is 6.52. The lowest BCUT2D eigenvalue weighted by molar-refractivity contribution is -0.123. The predicted octanol–water partition coefficient (Wildman–Crippen LogP) is 2.27. The Bertz CT molecular complexity index is 521. The van der Waals surface area contributed by atoms with Gasteiger partial charge in [-0.2, -0.15) is 0 Å². The molecule has 0 amide bonds. The average molecular weight is 260 g/mol. The number of carboxylic acids is 1. The summed E-state index contributed by atoms with van der Waals surface area (Å²) in [5, 5.41) is 19.2. The van der Waals surface area contributed by atoms with Gasteiger partial charge in [0.25, 0.3) is 0 Å². The number of carboxylic acid groups (broad SMARTS) is 1. The molecular formula is C15H16O4. The van der Waals surface area contributed by atoms with E-state index in [0.29, 0.717) is 25.7 Å². The van der Waals surface area contributed by atoms with Crippen LogP contribution in [0.3, 0.4) is 0 Å². The molecule has 4 nitrogen and oxygen atoms in total. The van der Waals surface area contributed by atoms with Crippen molar-refractivity contribution in [3.8, 4) is 0 Å². The minimum atomic E-state index is -0.975. The van der Waals surface area contributed by atoms with Gasteiger partial charge in [-0.15, -0.1) is 0 Å². The minimum Gasteiger partial charge on any atom is -0.478 e. The predicted molar refractivity (Wildman–Crippen MR) is 70.9 cm³/mol. The molecule has 1 fully saturated rings. The SMILES string of the molecule is O=C1CCC(O)(/C=C/c2cccc(C(=O)O)c2)CC1. The van der Waals surface area contributed by atoms with Crippen LogP contribution >= 0.6 is 0 Å². The van der Waals surface area contributed by atoms with Crippen LogP contribution in [-0.2, 0) is 4.79 Å².